The molecule has 1 fully saturated rings. The molecule has 3 nitrogen and oxygen atoms in total. The van der Waals surface area contributed by atoms with E-state index in [2.05, 4.69) is 11.8 Å². The molecule has 2 unspecified atom stereocenters. The SMILES string of the molecule is CCCN1CCOC(C(N)c2ccc(Cl)cc2)C1. The van der Waals surface area contributed by atoms with E-state index in [1.54, 1.807) is 0 Å². The van der Waals surface area contributed by atoms with Gasteiger partial charge in [-0.15, -0.1) is 0 Å². The van der Waals surface area contributed by atoms with Crippen molar-refractivity contribution in [3.63, 3.8) is 0 Å². The van der Waals surface area contributed by atoms with Gasteiger partial charge in [-0.1, -0.05) is 30.7 Å². The highest BCUT2D eigenvalue weighted by Gasteiger charge is 2.26. The Bertz CT molecular complexity index is 367. The van der Waals surface area contributed by atoms with Crippen molar-refractivity contribution >= 4 is 11.6 Å². The van der Waals surface area contributed by atoms with Crippen LogP contribution < -0.4 is 5.73 Å². The van der Waals surface area contributed by atoms with Gasteiger partial charge in [0.05, 0.1) is 18.8 Å². The van der Waals surface area contributed by atoms with Gasteiger partial charge >= 0.3 is 0 Å². The smallest absolute Gasteiger partial charge is 0.0894 e. The highest BCUT2D eigenvalue weighted by molar-refractivity contribution is 6.30. The van der Waals surface area contributed by atoms with E-state index in [0.717, 1.165) is 36.8 Å². The molecule has 0 aromatic heterocycles. The van der Waals surface area contributed by atoms with E-state index in [4.69, 9.17) is 22.1 Å². The summed E-state index contributed by atoms with van der Waals surface area (Å²) in [4.78, 5) is 2.42. The van der Waals surface area contributed by atoms with E-state index in [-0.39, 0.29) is 12.1 Å². The maximum absolute atomic E-state index is 6.28. The summed E-state index contributed by atoms with van der Waals surface area (Å²) in [7, 11) is 0. The zero-order valence-corrected chi connectivity index (χ0v) is 11.6. The topological polar surface area (TPSA) is 38.5 Å². The minimum Gasteiger partial charge on any atom is -0.374 e. The predicted octanol–water partition coefficient (Wildman–Crippen LogP) is 2.45. The number of hydrogen-bond acceptors (Lipinski definition) is 3. The molecule has 1 aromatic rings. The predicted molar refractivity (Wildman–Crippen MR) is 74.9 cm³/mol. The summed E-state index contributed by atoms with van der Waals surface area (Å²) in [6, 6.07) is 7.64. The fourth-order valence-electron chi connectivity index (χ4n) is 2.37. The lowest BCUT2D eigenvalue weighted by molar-refractivity contribution is -0.0407. The Morgan fingerprint density at radius 2 is 2.17 bits per heavy atom. The van der Waals surface area contributed by atoms with Crippen molar-refractivity contribution in [1.82, 2.24) is 4.90 Å². The molecule has 18 heavy (non-hydrogen) atoms. The van der Waals surface area contributed by atoms with Crippen molar-refractivity contribution < 1.29 is 4.74 Å². The lowest BCUT2D eigenvalue weighted by Gasteiger charge is -2.35. The molecule has 2 rings (SSSR count). The van der Waals surface area contributed by atoms with E-state index in [0.29, 0.717) is 0 Å². The van der Waals surface area contributed by atoms with E-state index in [9.17, 15) is 0 Å². The van der Waals surface area contributed by atoms with Crippen molar-refractivity contribution in [3.05, 3.63) is 34.9 Å². The number of benzene rings is 1. The number of halogens is 1. The second kappa shape index (κ2) is 6.53. The van der Waals surface area contributed by atoms with Crippen molar-refractivity contribution in [1.29, 1.82) is 0 Å². The quantitative estimate of drug-likeness (QED) is 0.912. The summed E-state index contributed by atoms with van der Waals surface area (Å²) in [6.45, 7) is 6.01. The van der Waals surface area contributed by atoms with Crippen LogP contribution in [0, 0.1) is 0 Å². The van der Waals surface area contributed by atoms with Gasteiger partial charge in [-0.05, 0) is 30.7 Å². The summed E-state index contributed by atoms with van der Waals surface area (Å²) in [6.07, 6.45) is 1.24. The normalized spacial score (nSPS) is 22.9. The first kappa shape index (κ1) is 13.8. The van der Waals surface area contributed by atoms with E-state index < -0.39 is 0 Å². The third kappa shape index (κ3) is 3.45. The highest BCUT2D eigenvalue weighted by atomic mass is 35.5. The Morgan fingerprint density at radius 3 is 2.83 bits per heavy atom. The monoisotopic (exact) mass is 268 g/mol. The van der Waals surface area contributed by atoms with Gasteiger partial charge in [0, 0.05) is 18.1 Å². The number of nitrogens with zero attached hydrogens (tertiary/aromatic N) is 1. The Morgan fingerprint density at radius 1 is 1.44 bits per heavy atom. The fourth-order valence-corrected chi connectivity index (χ4v) is 2.49. The van der Waals surface area contributed by atoms with Gasteiger partial charge in [-0.3, -0.25) is 4.90 Å². The summed E-state index contributed by atoms with van der Waals surface area (Å²) in [5.74, 6) is 0. The molecule has 1 heterocycles. The molecule has 0 saturated carbocycles. The first-order chi connectivity index (χ1) is 8.70. The van der Waals surface area contributed by atoms with Gasteiger partial charge in [0.25, 0.3) is 0 Å². The molecular weight excluding hydrogens is 248 g/mol. The van der Waals surface area contributed by atoms with Gasteiger partial charge in [0.2, 0.25) is 0 Å². The standard InChI is InChI=1S/C14H21ClN2O/c1-2-7-17-8-9-18-13(10-17)14(16)11-3-5-12(15)6-4-11/h3-6,13-14H,2,7-10,16H2,1H3. The van der Waals surface area contributed by atoms with Crippen LogP contribution in [-0.4, -0.2) is 37.2 Å². The van der Waals surface area contributed by atoms with Crippen LogP contribution in [0.1, 0.15) is 24.9 Å². The van der Waals surface area contributed by atoms with Crippen molar-refractivity contribution in [2.45, 2.75) is 25.5 Å². The molecule has 0 aliphatic carbocycles. The second-order valence-electron chi connectivity index (χ2n) is 4.79. The molecule has 0 radical (unpaired) electrons. The average molecular weight is 269 g/mol. The van der Waals surface area contributed by atoms with Crippen LogP contribution in [0.5, 0.6) is 0 Å². The molecule has 1 aliphatic rings. The van der Waals surface area contributed by atoms with Crippen LogP contribution in [0.2, 0.25) is 5.02 Å². The number of morpholine rings is 1. The highest BCUT2D eigenvalue weighted by Crippen LogP contribution is 2.21. The third-order valence-corrected chi connectivity index (χ3v) is 3.62. The van der Waals surface area contributed by atoms with E-state index in [1.807, 2.05) is 24.3 Å². The van der Waals surface area contributed by atoms with Gasteiger partial charge < -0.3 is 10.5 Å². The first-order valence-corrected chi connectivity index (χ1v) is 6.93. The minimum absolute atomic E-state index is 0.0754. The van der Waals surface area contributed by atoms with Crippen LogP contribution >= 0.6 is 11.6 Å². The first-order valence-electron chi connectivity index (χ1n) is 6.55. The van der Waals surface area contributed by atoms with Gasteiger partial charge in [0.15, 0.2) is 0 Å². The second-order valence-corrected chi connectivity index (χ2v) is 5.22. The van der Waals surface area contributed by atoms with Crippen LogP contribution in [0.25, 0.3) is 0 Å². The van der Waals surface area contributed by atoms with Gasteiger partial charge in [0.1, 0.15) is 0 Å². The number of nitrogens with two attached hydrogens (primary N) is 1. The molecule has 4 heteroatoms. The lowest BCUT2D eigenvalue weighted by Crippen LogP contribution is -2.47. The van der Waals surface area contributed by atoms with Crippen molar-refractivity contribution in [2.75, 3.05) is 26.2 Å². The van der Waals surface area contributed by atoms with Crippen LogP contribution in [-0.2, 0) is 4.74 Å². The maximum Gasteiger partial charge on any atom is 0.0894 e. The molecule has 2 atom stereocenters. The summed E-state index contributed by atoms with van der Waals surface area (Å²) >= 11 is 5.89. The minimum atomic E-state index is -0.0816. The van der Waals surface area contributed by atoms with Gasteiger partial charge in [-0.25, -0.2) is 0 Å². The van der Waals surface area contributed by atoms with Crippen molar-refractivity contribution in [3.8, 4) is 0 Å². The van der Waals surface area contributed by atoms with Gasteiger partial charge in [-0.2, -0.15) is 0 Å². The molecule has 2 N–H and O–H groups in total. The largest absolute Gasteiger partial charge is 0.374 e. The Labute approximate surface area is 114 Å². The summed E-state index contributed by atoms with van der Waals surface area (Å²) in [5, 5.41) is 0.739. The van der Waals surface area contributed by atoms with Crippen LogP contribution in [0.4, 0.5) is 0 Å². The molecule has 0 spiro atoms. The molecule has 1 saturated heterocycles. The molecule has 0 amide bonds. The fraction of sp³-hybridized carbons (Fsp3) is 0.571. The molecule has 0 bridgehead atoms. The molecular formula is C14H21ClN2O. The summed E-state index contributed by atoms with van der Waals surface area (Å²) < 4.78 is 5.80. The molecule has 100 valence electrons. The Kier molecular flexibility index (Phi) is 5.01. The third-order valence-electron chi connectivity index (χ3n) is 3.37. The average Bonchev–Trinajstić information content (AvgIpc) is 2.39. The lowest BCUT2D eigenvalue weighted by atomic mass is 10.0. The van der Waals surface area contributed by atoms with E-state index in [1.165, 1.54) is 6.42 Å². The molecule has 1 aromatic carbocycles. The van der Waals surface area contributed by atoms with Crippen LogP contribution in [0.15, 0.2) is 24.3 Å². The Hall–Kier alpha value is -0.610. The van der Waals surface area contributed by atoms with Crippen molar-refractivity contribution in [2.24, 2.45) is 5.73 Å². The van der Waals surface area contributed by atoms with Crippen LogP contribution in [0.3, 0.4) is 0 Å². The zero-order valence-electron chi connectivity index (χ0n) is 10.8. The Balaban J connectivity index is 1.99. The maximum atomic E-state index is 6.28. The number of ether oxygens (including phenoxy) is 1. The number of hydrogen-bond donors (Lipinski definition) is 1. The number of rotatable bonds is 4. The summed E-state index contributed by atoms with van der Waals surface area (Å²) in [5.41, 5.74) is 7.37. The zero-order chi connectivity index (χ0) is 13.0. The van der Waals surface area contributed by atoms with E-state index >= 15 is 0 Å². The molecule has 1 aliphatic heterocycles.